The van der Waals surface area contributed by atoms with Crippen molar-refractivity contribution in [3.8, 4) is 5.75 Å². The minimum absolute atomic E-state index is 0.0386. The molecule has 0 radical (unpaired) electrons. The van der Waals surface area contributed by atoms with Crippen molar-refractivity contribution in [1.29, 1.82) is 0 Å². The number of aryl methyl sites for hydroxylation is 1. The number of aromatic hydroxyl groups is 1. The number of Topliss-reactive ketones (excluding diaryl/α,β-unsaturated/α-hetero) is 1. The lowest BCUT2D eigenvalue weighted by atomic mass is 10.0. The monoisotopic (exact) mass is 194 g/mol. The van der Waals surface area contributed by atoms with Gasteiger partial charge in [0.15, 0.2) is 5.78 Å². The number of phenolic OH excluding ortho intramolecular Hbond substituents is 1. The molecule has 0 aliphatic rings. The molecule has 0 fully saturated rings. The Morgan fingerprint density at radius 2 is 2.21 bits per heavy atom. The van der Waals surface area contributed by atoms with E-state index in [4.69, 9.17) is 4.74 Å². The highest BCUT2D eigenvalue weighted by Gasteiger charge is 2.10. The molecule has 1 aromatic rings. The van der Waals surface area contributed by atoms with Gasteiger partial charge >= 0.3 is 0 Å². The fraction of sp³-hybridized carbons (Fsp3) is 0.364. The van der Waals surface area contributed by atoms with Crippen LogP contribution in [0.15, 0.2) is 18.2 Å². The number of ketones is 1. The minimum Gasteiger partial charge on any atom is -0.507 e. The van der Waals surface area contributed by atoms with Gasteiger partial charge in [-0.1, -0.05) is 11.6 Å². The third-order valence-electron chi connectivity index (χ3n) is 1.99. The smallest absolute Gasteiger partial charge is 0.168 e. The Morgan fingerprint density at radius 3 is 2.86 bits per heavy atom. The summed E-state index contributed by atoms with van der Waals surface area (Å²) in [6.07, 6.45) is 0.299. The van der Waals surface area contributed by atoms with Crippen LogP contribution in [0.4, 0.5) is 0 Å². The van der Waals surface area contributed by atoms with E-state index in [1.54, 1.807) is 19.2 Å². The van der Waals surface area contributed by atoms with Crippen molar-refractivity contribution in [2.75, 3.05) is 13.7 Å². The summed E-state index contributed by atoms with van der Waals surface area (Å²) in [7, 11) is 1.55. The largest absolute Gasteiger partial charge is 0.507 e. The summed E-state index contributed by atoms with van der Waals surface area (Å²) in [5.74, 6) is -0.0512. The van der Waals surface area contributed by atoms with Crippen LogP contribution in [0, 0.1) is 6.92 Å². The molecule has 0 atom stereocenters. The molecule has 0 heterocycles. The summed E-state index contributed by atoms with van der Waals surface area (Å²) in [4.78, 5) is 11.5. The number of rotatable bonds is 4. The van der Waals surface area contributed by atoms with Crippen LogP contribution >= 0.6 is 0 Å². The van der Waals surface area contributed by atoms with Crippen molar-refractivity contribution in [3.05, 3.63) is 29.3 Å². The molecule has 3 heteroatoms. The third-order valence-corrected chi connectivity index (χ3v) is 1.99. The molecule has 0 bridgehead atoms. The van der Waals surface area contributed by atoms with E-state index in [2.05, 4.69) is 0 Å². The van der Waals surface area contributed by atoms with E-state index < -0.39 is 0 Å². The Morgan fingerprint density at radius 1 is 1.50 bits per heavy atom. The van der Waals surface area contributed by atoms with Crippen LogP contribution in [-0.4, -0.2) is 24.6 Å². The van der Waals surface area contributed by atoms with Gasteiger partial charge in [0.2, 0.25) is 0 Å². The number of benzene rings is 1. The summed E-state index contributed by atoms with van der Waals surface area (Å²) in [5, 5.41) is 9.44. The number of hydrogen-bond donors (Lipinski definition) is 1. The quantitative estimate of drug-likeness (QED) is 0.745. The van der Waals surface area contributed by atoms with Crippen molar-refractivity contribution in [2.24, 2.45) is 0 Å². The first-order valence-corrected chi connectivity index (χ1v) is 4.47. The van der Waals surface area contributed by atoms with Gasteiger partial charge < -0.3 is 9.84 Å². The first-order chi connectivity index (χ1) is 6.65. The van der Waals surface area contributed by atoms with Crippen LogP contribution in [0.25, 0.3) is 0 Å². The third kappa shape index (κ3) is 2.57. The maximum atomic E-state index is 11.5. The van der Waals surface area contributed by atoms with E-state index in [0.29, 0.717) is 18.6 Å². The van der Waals surface area contributed by atoms with Crippen LogP contribution in [0.5, 0.6) is 5.75 Å². The molecule has 1 aromatic carbocycles. The van der Waals surface area contributed by atoms with Gasteiger partial charge in [-0.25, -0.2) is 0 Å². The molecular formula is C11H14O3. The first-order valence-electron chi connectivity index (χ1n) is 4.47. The van der Waals surface area contributed by atoms with Gasteiger partial charge in [-0.05, 0) is 19.1 Å². The van der Waals surface area contributed by atoms with Gasteiger partial charge in [0.25, 0.3) is 0 Å². The zero-order chi connectivity index (χ0) is 10.6. The van der Waals surface area contributed by atoms with Crippen molar-refractivity contribution < 1.29 is 14.6 Å². The standard InChI is InChI=1S/C11H14O3/c1-8-3-4-10(12)9(7-8)11(13)5-6-14-2/h3-4,7,12H,5-6H2,1-2H3. The summed E-state index contributed by atoms with van der Waals surface area (Å²) in [6.45, 7) is 2.26. The van der Waals surface area contributed by atoms with Gasteiger partial charge in [-0.3, -0.25) is 4.79 Å². The molecule has 76 valence electrons. The summed E-state index contributed by atoms with van der Waals surface area (Å²) in [5.41, 5.74) is 1.34. The minimum atomic E-state index is -0.0898. The van der Waals surface area contributed by atoms with E-state index in [0.717, 1.165) is 5.56 Å². The van der Waals surface area contributed by atoms with E-state index in [9.17, 15) is 9.90 Å². The van der Waals surface area contributed by atoms with Gasteiger partial charge in [0, 0.05) is 13.5 Å². The van der Waals surface area contributed by atoms with Crippen LogP contribution in [-0.2, 0) is 4.74 Å². The predicted molar refractivity (Wildman–Crippen MR) is 53.7 cm³/mol. The zero-order valence-electron chi connectivity index (χ0n) is 8.41. The summed E-state index contributed by atoms with van der Waals surface area (Å²) >= 11 is 0. The van der Waals surface area contributed by atoms with Crippen molar-refractivity contribution in [2.45, 2.75) is 13.3 Å². The Labute approximate surface area is 83.3 Å². The molecule has 0 aliphatic heterocycles. The van der Waals surface area contributed by atoms with Gasteiger partial charge in [-0.2, -0.15) is 0 Å². The van der Waals surface area contributed by atoms with Crippen LogP contribution in [0.3, 0.4) is 0 Å². The molecule has 1 N–H and O–H groups in total. The topological polar surface area (TPSA) is 46.5 Å². The average molecular weight is 194 g/mol. The molecular weight excluding hydrogens is 180 g/mol. The van der Waals surface area contributed by atoms with Crippen molar-refractivity contribution in [1.82, 2.24) is 0 Å². The SMILES string of the molecule is COCCC(=O)c1cc(C)ccc1O. The van der Waals surface area contributed by atoms with Crippen LogP contribution < -0.4 is 0 Å². The number of carbonyl (C=O) groups is 1. The molecule has 3 nitrogen and oxygen atoms in total. The molecule has 1 rings (SSSR count). The number of carbonyl (C=O) groups excluding carboxylic acids is 1. The molecule has 0 aliphatic carbocycles. The fourth-order valence-electron chi connectivity index (χ4n) is 1.20. The highest BCUT2D eigenvalue weighted by Crippen LogP contribution is 2.19. The van der Waals surface area contributed by atoms with Gasteiger partial charge in [0.05, 0.1) is 12.2 Å². The Balaban J connectivity index is 2.83. The van der Waals surface area contributed by atoms with Crippen molar-refractivity contribution >= 4 is 5.78 Å². The molecule has 0 saturated heterocycles. The van der Waals surface area contributed by atoms with Gasteiger partial charge in [-0.15, -0.1) is 0 Å². The molecule has 0 aromatic heterocycles. The fourth-order valence-corrected chi connectivity index (χ4v) is 1.20. The van der Waals surface area contributed by atoms with E-state index in [1.165, 1.54) is 6.07 Å². The molecule has 14 heavy (non-hydrogen) atoms. The lowest BCUT2D eigenvalue weighted by Crippen LogP contribution is -2.03. The van der Waals surface area contributed by atoms with E-state index in [-0.39, 0.29) is 11.5 Å². The molecule has 0 spiro atoms. The maximum Gasteiger partial charge on any atom is 0.168 e. The lowest BCUT2D eigenvalue weighted by Gasteiger charge is -2.04. The first kappa shape index (κ1) is 10.7. The Hall–Kier alpha value is -1.35. The summed E-state index contributed by atoms with van der Waals surface area (Å²) < 4.78 is 4.80. The second-order valence-corrected chi connectivity index (χ2v) is 3.19. The van der Waals surface area contributed by atoms with Crippen molar-refractivity contribution in [3.63, 3.8) is 0 Å². The second-order valence-electron chi connectivity index (χ2n) is 3.19. The van der Waals surface area contributed by atoms with E-state index >= 15 is 0 Å². The molecule has 0 amide bonds. The van der Waals surface area contributed by atoms with E-state index in [1.807, 2.05) is 6.92 Å². The highest BCUT2D eigenvalue weighted by molar-refractivity contribution is 5.98. The normalized spacial score (nSPS) is 10.1. The number of hydrogen-bond acceptors (Lipinski definition) is 3. The predicted octanol–water partition coefficient (Wildman–Crippen LogP) is 1.92. The molecule has 0 saturated carbocycles. The second kappa shape index (κ2) is 4.77. The Kier molecular flexibility index (Phi) is 3.65. The maximum absolute atomic E-state index is 11.5. The number of methoxy groups -OCH3 is 1. The van der Waals surface area contributed by atoms with Crippen LogP contribution in [0.2, 0.25) is 0 Å². The number of ether oxygens (including phenoxy) is 1. The number of phenols is 1. The highest BCUT2D eigenvalue weighted by atomic mass is 16.5. The Bertz CT molecular complexity index is 331. The molecule has 0 unspecified atom stereocenters. The lowest BCUT2D eigenvalue weighted by molar-refractivity contribution is 0.0929. The van der Waals surface area contributed by atoms with Crippen LogP contribution in [0.1, 0.15) is 22.3 Å². The summed E-state index contributed by atoms with van der Waals surface area (Å²) in [6, 6.07) is 4.99. The average Bonchev–Trinajstić information content (AvgIpc) is 2.18. The van der Waals surface area contributed by atoms with Gasteiger partial charge in [0.1, 0.15) is 5.75 Å². The zero-order valence-corrected chi connectivity index (χ0v) is 8.41.